The van der Waals surface area contributed by atoms with Gasteiger partial charge in [0.25, 0.3) is 0 Å². The summed E-state index contributed by atoms with van der Waals surface area (Å²) in [5.41, 5.74) is 5.58. The highest BCUT2D eigenvalue weighted by molar-refractivity contribution is 6.13. The van der Waals surface area contributed by atoms with E-state index in [2.05, 4.69) is 6.92 Å². The van der Waals surface area contributed by atoms with Gasteiger partial charge in [0.15, 0.2) is 11.5 Å². The Hall–Kier alpha value is -3.02. The van der Waals surface area contributed by atoms with E-state index in [4.69, 9.17) is 15.6 Å². The smallest absolute Gasteiger partial charge is 0.339 e. The fourth-order valence-corrected chi connectivity index (χ4v) is 2.76. The van der Waals surface area contributed by atoms with Crippen LogP contribution >= 0.6 is 0 Å². The number of hydrogen-bond acceptors (Lipinski definition) is 5. The zero-order valence-electron chi connectivity index (χ0n) is 15.4. The Balaban J connectivity index is 2.09. The fraction of sp³-hybridized carbons (Fsp3) is 0.333. The number of carboxylic acid groups (broad SMARTS) is 1. The number of hydrogen-bond donors (Lipinski definition) is 3. The Morgan fingerprint density at radius 3 is 2.44 bits per heavy atom. The monoisotopic (exact) mass is 371 g/mol. The molecule has 0 aromatic heterocycles. The molecule has 0 aliphatic rings. The first kappa shape index (κ1) is 20.3. The highest BCUT2D eigenvalue weighted by atomic mass is 16.5. The predicted molar refractivity (Wildman–Crippen MR) is 104 cm³/mol. The molecule has 2 aromatic carbocycles. The van der Waals surface area contributed by atoms with Crippen LogP contribution in [0.3, 0.4) is 0 Å². The lowest BCUT2D eigenvalue weighted by atomic mass is 9.99. The van der Waals surface area contributed by atoms with E-state index in [9.17, 15) is 14.7 Å². The molecule has 0 aliphatic heterocycles. The summed E-state index contributed by atoms with van der Waals surface area (Å²) in [6.45, 7) is 2.75. The molecule has 144 valence electrons. The van der Waals surface area contributed by atoms with E-state index in [0.717, 1.165) is 18.9 Å². The van der Waals surface area contributed by atoms with Gasteiger partial charge in [-0.25, -0.2) is 4.79 Å². The van der Waals surface area contributed by atoms with E-state index in [0.29, 0.717) is 17.9 Å². The molecule has 0 heterocycles. The first-order valence-electron chi connectivity index (χ1n) is 9.08. The van der Waals surface area contributed by atoms with Crippen LogP contribution in [0.15, 0.2) is 36.4 Å². The van der Waals surface area contributed by atoms with Crippen LogP contribution in [0.5, 0.6) is 11.5 Å². The lowest BCUT2D eigenvalue weighted by Crippen LogP contribution is -2.08. The lowest BCUT2D eigenvalue weighted by Gasteiger charge is -2.10. The molecule has 27 heavy (non-hydrogen) atoms. The molecular formula is C21H25NO5. The van der Waals surface area contributed by atoms with Crippen molar-refractivity contribution in [1.29, 1.82) is 0 Å². The molecular weight excluding hydrogens is 346 g/mol. The third-order valence-electron chi connectivity index (χ3n) is 4.30. The van der Waals surface area contributed by atoms with Gasteiger partial charge in [-0.05, 0) is 30.7 Å². The molecule has 6 nitrogen and oxygen atoms in total. The van der Waals surface area contributed by atoms with E-state index in [1.54, 1.807) is 24.3 Å². The number of benzene rings is 2. The maximum Gasteiger partial charge on any atom is 0.339 e. The predicted octanol–water partition coefficient (Wildman–Crippen LogP) is 4.25. The number of aromatic hydroxyl groups is 1. The molecule has 0 atom stereocenters. The van der Waals surface area contributed by atoms with Gasteiger partial charge < -0.3 is 20.7 Å². The second kappa shape index (κ2) is 9.62. The summed E-state index contributed by atoms with van der Waals surface area (Å²) in [5.74, 6) is -1.74. The molecule has 0 aliphatic carbocycles. The van der Waals surface area contributed by atoms with Crippen LogP contribution in [-0.2, 0) is 0 Å². The van der Waals surface area contributed by atoms with Crippen molar-refractivity contribution in [2.45, 2.75) is 39.0 Å². The van der Waals surface area contributed by atoms with Gasteiger partial charge in [0.05, 0.1) is 12.3 Å². The second-order valence-electron chi connectivity index (χ2n) is 6.35. The Bertz CT molecular complexity index is 816. The highest BCUT2D eigenvalue weighted by Gasteiger charge is 2.20. The summed E-state index contributed by atoms with van der Waals surface area (Å²) < 4.78 is 5.71. The van der Waals surface area contributed by atoms with E-state index in [1.165, 1.54) is 25.3 Å². The largest absolute Gasteiger partial charge is 0.505 e. The van der Waals surface area contributed by atoms with E-state index >= 15 is 0 Å². The number of unbranched alkanes of at least 4 members (excludes halogenated alkanes) is 4. The summed E-state index contributed by atoms with van der Waals surface area (Å²) in [6, 6.07) is 9.20. The molecule has 0 saturated heterocycles. The molecule has 0 spiro atoms. The van der Waals surface area contributed by atoms with Crippen LogP contribution < -0.4 is 10.5 Å². The molecule has 0 radical (unpaired) electrons. The number of carboxylic acids is 1. The number of carbonyl (C=O) groups is 2. The molecule has 6 heteroatoms. The Morgan fingerprint density at radius 1 is 1.04 bits per heavy atom. The van der Waals surface area contributed by atoms with Crippen molar-refractivity contribution in [2.75, 3.05) is 12.3 Å². The minimum absolute atomic E-state index is 0.0502. The zero-order valence-corrected chi connectivity index (χ0v) is 15.4. The van der Waals surface area contributed by atoms with Gasteiger partial charge in [0.1, 0.15) is 11.3 Å². The molecule has 0 unspecified atom stereocenters. The van der Waals surface area contributed by atoms with Crippen LogP contribution in [-0.4, -0.2) is 28.6 Å². The van der Waals surface area contributed by atoms with Crippen molar-refractivity contribution in [3.8, 4) is 11.5 Å². The van der Waals surface area contributed by atoms with Crippen molar-refractivity contribution >= 4 is 17.4 Å². The molecule has 2 aromatic rings. The first-order chi connectivity index (χ1) is 13.0. The highest BCUT2D eigenvalue weighted by Crippen LogP contribution is 2.30. The summed E-state index contributed by atoms with van der Waals surface area (Å²) >= 11 is 0. The van der Waals surface area contributed by atoms with Crippen LogP contribution in [0, 0.1) is 0 Å². The number of nitrogens with two attached hydrogens (primary N) is 1. The first-order valence-corrected chi connectivity index (χ1v) is 9.08. The Labute approximate surface area is 158 Å². The van der Waals surface area contributed by atoms with Gasteiger partial charge in [-0.2, -0.15) is 0 Å². The van der Waals surface area contributed by atoms with Crippen LogP contribution in [0.25, 0.3) is 0 Å². The van der Waals surface area contributed by atoms with Crippen molar-refractivity contribution in [3.05, 3.63) is 53.1 Å². The van der Waals surface area contributed by atoms with E-state index < -0.39 is 17.5 Å². The average molecular weight is 371 g/mol. The third-order valence-corrected chi connectivity index (χ3v) is 4.30. The average Bonchev–Trinajstić information content (AvgIpc) is 2.66. The van der Waals surface area contributed by atoms with Crippen molar-refractivity contribution in [2.24, 2.45) is 0 Å². The van der Waals surface area contributed by atoms with Gasteiger partial charge in [-0.3, -0.25) is 4.79 Å². The number of aromatic carboxylic acids is 1. The van der Waals surface area contributed by atoms with Crippen LogP contribution in [0.1, 0.15) is 65.3 Å². The molecule has 0 bridgehead atoms. The number of carbonyl (C=O) groups excluding carboxylic acids is 1. The maximum absolute atomic E-state index is 12.7. The van der Waals surface area contributed by atoms with Crippen molar-refractivity contribution in [3.63, 3.8) is 0 Å². The van der Waals surface area contributed by atoms with Crippen LogP contribution in [0.4, 0.5) is 5.69 Å². The quantitative estimate of drug-likeness (QED) is 0.249. The molecule has 4 N–H and O–H groups in total. The molecule has 0 saturated carbocycles. The number of nitrogen functional groups attached to an aromatic ring is 1. The fourth-order valence-electron chi connectivity index (χ4n) is 2.76. The van der Waals surface area contributed by atoms with Crippen molar-refractivity contribution < 1.29 is 24.5 Å². The molecule has 0 amide bonds. The minimum Gasteiger partial charge on any atom is -0.505 e. The van der Waals surface area contributed by atoms with Gasteiger partial charge in [0, 0.05) is 11.1 Å². The lowest BCUT2D eigenvalue weighted by molar-refractivity contribution is 0.0693. The second-order valence-corrected chi connectivity index (χ2v) is 6.35. The summed E-state index contributed by atoms with van der Waals surface area (Å²) in [6.07, 6.45) is 5.66. The normalized spacial score (nSPS) is 10.6. The summed E-state index contributed by atoms with van der Waals surface area (Å²) in [7, 11) is 0. The van der Waals surface area contributed by atoms with Crippen molar-refractivity contribution in [1.82, 2.24) is 0 Å². The number of ketones is 1. The third kappa shape index (κ3) is 5.23. The van der Waals surface area contributed by atoms with E-state index in [-0.39, 0.29) is 16.8 Å². The number of ether oxygens (including phenoxy) is 1. The maximum atomic E-state index is 12.7. The van der Waals surface area contributed by atoms with Gasteiger partial charge in [0.2, 0.25) is 0 Å². The topological polar surface area (TPSA) is 110 Å². The number of anilines is 1. The summed E-state index contributed by atoms with van der Waals surface area (Å²) in [4.78, 5) is 23.7. The standard InChI is InChI=1S/C21H25NO5/c1-2-3-4-5-6-12-27-15-9-7-8-14(13-15)19(23)16-10-11-17(21(25)26)20(24)18(16)22/h7-11,13,24H,2-6,12,22H2,1H3,(H,25,26). The Kier molecular flexibility index (Phi) is 7.23. The summed E-state index contributed by atoms with van der Waals surface area (Å²) in [5, 5.41) is 18.9. The molecule has 2 rings (SSSR count). The SMILES string of the molecule is CCCCCCCOc1cccc(C(=O)c2ccc(C(=O)O)c(O)c2N)c1. The Morgan fingerprint density at radius 2 is 1.74 bits per heavy atom. The van der Waals surface area contributed by atoms with E-state index in [1.807, 2.05) is 0 Å². The number of phenols is 1. The van der Waals surface area contributed by atoms with Gasteiger partial charge in [-0.15, -0.1) is 0 Å². The zero-order chi connectivity index (χ0) is 19.8. The minimum atomic E-state index is -1.31. The molecule has 0 fully saturated rings. The van der Waals surface area contributed by atoms with Gasteiger partial charge in [-0.1, -0.05) is 44.7 Å². The van der Waals surface area contributed by atoms with Crippen LogP contribution in [0.2, 0.25) is 0 Å². The van der Waals surface area contributed by atoms with Gasteiger partial charge >= 0.3 is 5.97 Å². The number of rotatable bonds is 10.